The molecule has 1 aliphatic rings. The van der Waals surface area contributed by atoms with E-state index < -0.39 is 0 Å². The molecule has 1 unspecified atom stereocenters. The summed E-state index contributed by atoms with van der Waals surface area (Å²) in [6, 6.07) is 2.18. The molecule has 2 N–H and O–H groups in total. The van der Waals surface area contributed by atoms with Gasteiger partial charge < -0.3 is 5.73 Å². The first-order chi connectivity index (χ1) is 6.06. The molecule has 1 aromatic rings. The fourth-order valence-corrected chi connectivity index (χ4v) is 3.16. The van der Waals surface area contributed by atoms with Gasteiger partial charge >= 0.3 is 0 Å². The molecule has 0 spiro atoms. The average molecular weight is 195 g/mol. The summed E-state index contributed by atoms with van der Waals surface area (Å²) in [4.78, 5) is 0. The van der Waals surface area contributed by atoms with Gasteiger partial charge in [-0.25, -0.2) is 0 Å². The van der Waals surface area contributed by atoms with Gasteiger partial charge in [-0.15, -0.1) is 0 Å². The maximum absolute atomic E-state index is 6.51. The molecule has 0 aromatic carbocycles. The van der Waals surface area contributed by atoms with E-state index in [1.165, 1.54) is 18.4 Å². The smallest absolute Gasteiger partial charge is 0.0469 e. The molecule has 1 atom stereocenters. The standard InChI is InChI=1S/C11H17NS/c1-10(2)5-3-6-11(10,12)9-4-7-13-8-9/h4,7-8H,3,5-6,12H2,1-2H3. The highest BCUT2D eigenvalue weighted by atomic mass is 32.1. The van der Waals surface area contributed by atoms with Gasteiger partial charge in [-0.2, -0.15) is 11.3 Å². The molecule has 1 aromatic heterocycles. The Morgan fingerprint density at radius 3 is 2.62 bits per heavy atom. The van der Waals surface area contributed by atoms with Gasteiger partial charge in [0.1, 0.15) is 0 Å². The minimum atomic E-state index is -0.0764. The van der Waals surface area contributed by atoms with Gasteiger partial charge in [0.05, 0.1) is 0 Å². The van der Waals surface area contributed by atoms with Crippen LogP contribution in [0.1, 0.15) is 38.7 Å². The normalized spacial score (nSPS) is 32.2. The van der Waals surface area contributed by atoms with Crippen LogP contribution in [-0.4, -0.2) is 0 Å². The lowest BCUT2D eigenvalue weighted by molar-refractivity contribution is 0.211. The lowest BCUT2D eigenvalue weighted by atomic mass is 9.72. The zero-order valence-electron chi connectivity index (χ0n) is 8.34. The van der Waals surface area contributed by atoms with E-state index in [1.807, 2.05) is 0 Å². The van der Waals surface area contributed by atoms with Gasteiger partial charge in [-0.1, -0.05) is 20.3 Å². The van der Waals surface area contributed by atoms with Crippen LogP contribution in [0.2, 0.25) is 0 Å². The van der Waals surface area contributed by atoms with Crippen molar-refractivity contribution in [1.29, 1.82) is 0 Å². The van der Waals surface area contributed by atoms with Gasteiger partial charge in [0.15, 0.2) is 0 Å². The quantitative estimate of drug-likeness (QED) is 0.732. The van der Waals surface area contributed by atoms with Crippen LogP contribution in [0.3, 0.4) is 0 Å². The zero-order chi connectivity index (χ0) is 9.53. The van der Waals surface area contributed by atoms with Gasteiger partial charge in [0.2, 0.25) is 0 Å². The van der Waals surface area contributed by atoms with Gasteiger partial charge in [-0.3, -0.25) is 0 Å². The highest BCUT2D eigenvalue weighted by molar-refractivity contribution is 7.08. The van der Waals surface area contributed by atoms with Crippen LogP contribution >= 0.6 is 11.3 Å². The molecule has 0 amide bonds. The fraction of sp³-hybridized carbons (Fsp3) is 0.636. The highest BCUT2D eigenvalue weighted by Gasteiger charge is 2.46. The predicted octanol–water partition coefficient (Wildman–Crippen LogP) is 3.11. The predicted molar refractivity (Wildman–Crippen MR) is 57.8 cm³/mol. The lowest BCUT2D eigenvalue weighted by Gasteiger charge is -2.37. The van der Waals surface area contributed by atoms with E-state index >= 15 is 0 Å². The van der Waals surface area contributed by atoms with E-state index in [-0.39, 0.29) is 11.0 Å². The van der Waals surface area contributed by atoms with Crippen LogP contribution in [-0.2, 0) is 5.54 Å². The number of rotatable bonds is 1. The minimum absolute atomic E-state index is 0.0764. The van der Waals surface area contributed by atoms with Crippen molar-refractivity contribution in [2.75, 3.05) is 0 Å². The van der Waals surface area contributed by atoms with E-state index in [2.05, 4.69) is 30.7 Å². The van der Waals surface area contributed by atoms with Crippen LogP contribution in [0.5, 0.6) is 0 Å². The first-order valence-electron chi connectivity index (χ1n) is 4.88. The summed E-state index contributed by atoms with van der Waals surface area (Å²) in [6.45, 7) is 4.58. The Kier molecular flexibility index (Phi) is 2.00. The topological polar surface area (TPSA) is 26.0 Å². The fourth-order valence-electron chi connectivity index (χ4n) is 2.42. The molecule has 2 rings (SSSR count). The Labute approximate surface area is 84.0 Å². The van der Waals surface area contributed by atoms with E-state index in [0.29, 0.717) is 0 Å². The Hall–Kier alpha value is -0.340. The van der Waals surface area contributed by atoms with Crippen molar-refractivity contribution < 1.29 is 0 Å². The van der Waals surface area contributed by atoms with E-state index in [1.54, 1.807) is 11.3 Å². The maximum atomic E-state index is 6.51. The molecule has 13 heavy (non-hydrogen) atoms. The first-order valence-corrected chi connectivity index (χ1v) is 5.82. The SMILES string of the molecule is CC1(C)CCCC1(N)c1ccsc1. The second kappa shape index (κ2) is 2.82. The Balaban J connectivity index is 2.40. The summed E-state index contributed by atoms with van der Waals surface area (Å²) in [7, 11) is 0. The van der Waals surface area contributed by atoms with Crippen LogP contribution in [0.15, 0.2) is 16.8 Å². The van der Waals surface area contributed by atoms with Crippen LogP contribution in [0.25, 0.3) is 0 Å². The summed E-state index contributed by atoms with van der Waals surface area (Å²) in [6.07, 6.45) is 3.65. The largest absolute Gasteiger partial charge is 0.321 e. The molecule has 0 aliphatic heterocycles. The average Bonchev–Trinajstić information content (AvgIpc) is 2.61. The van der Waals surface area contributed by atoms with E-state index in [9.17, 15) is 0 Å². The number of hydrogen-bond acceptors (Lipinski definition) is 2. The summed E-state index contributed by atoms with van der Waals surface area (Å²) in [5.41, 5.74) is 8.02. The summed E-state index contributed by atoms with van der Waals surface area (Å²) in [5, 5.41) is 4.32. The Morgan fingerprint density at radius 1 is 1.38 bits per heavy atom. The van der Waals surface area contributed by atoms with Crippen molar-refractivity contribution in [3.8, 4) is 0 Å². The van der Waals surface area contributed by atoms with Crippen LogP contribution < -0.4 is 5.73 Å². The molecular formula is C11H17NS. The molecule has 0 bridgehead atoms. The van der Waals surface area contributed by atoms with Crippen molar-refractivity contribution in [2.45, 2.75) is 38.6 Å². The molecule has 0 radical (unpaired) electrons. The van der Waals surface area contributed by atoms with Crippen LogP contribution in [0, 0.1) is 5.41 Å². The molecule has 1 aliphatic carbocycles. The summed E-state index contributed by atoms with van der Waals surface area (Å²) in [5.74, 6) is 0. The molecular weight excluding hydrogens is 178 g/mol. The highest BCUT2D eigenvalue weighted by Crippen LogP contribution is 2.50. The third-order valence-electron chi connectivity index (χ3n) is 3.62. The summed E-state index contributed by atoms with van der Waals surface area (Å²) < 4.78 is 0. The third kappa shape index (κ3) is 1.24. The maximum Gasteiger partial charge on any atom is 0.0469 e. The van der Waals surface area contributed by atoms with E-state index in [4.69, 9.17) is 5.73 Å². The zero-order valence-corrected chi connectivity index (χ0v) is 9.16. The third-order valence-corrected chi connectivity index (χ3v) is 4.30. The number of hydrogen-bond donors (Lipinski definition) is 1. The minimum Gasteiger partial charge on any atom is -0.321 e. The monoisotopic (exact) mass is 195 g/mol. The second-order valence-corrected chi connectivity index (χ2v) is 5.50. The van der Waals surface area contributed by atoms with E-state index in [0.717, 1.165) is 6.42 Å². The second-order valence-electron chi connectivity index (χ2n) is 4.72. The van der Waals surface area contributed by atoms with Crippen molar-refractivity contribution in [2.24, 2.45) is 11.1 Å². The molecule has 1 saturated carbocycles. The Morgan fingerprint density at radius 2 is 2.15 bits per heavy atom. The lowest BCUT2D eigenvalue weighted by Crippen LogP contribution is -2.45. The van der Waals surface area contributed by atoms with Crippen LogP contribution in [0.4, 0.5) is 0 Å². The van der Waals surface area contributed by atoms with Gasteiger partial charge in [0, 0.05) is 5.54 Å². The summed E-state index contributed by atoms with van der Waals surface area (Å²) >= 11 is 1.75. The number of nitrogens with two attached hydrogens (primary N) is 1. The first kappa shape index (κ1) is 9.22. The van der Waals surface area contributed by atoms with Crippen molar-refractivity contribution in [1.82, 2.24) is 0 Å². The molecule has 1 fully saturated rings. The van der Waals surface area contributed by atoms with Crippen molar-refractivity contribution in [3.63, 3.8) is 0 Å². The molecule has 72 valence electrons. The van der Waals surface area contributed by atoms with Gasteiger partial charge in [-0.05, 0) is 40.6 Å². The molecule has 0 saturated heterocycles. The Bertz CT molecular complexity index is 289. The van der Waals surface area contributed by atoms with Crippen molar-refractivity contribution >= 4 is 11.3 Å². The molecule has 1 nitrogen and oxygen atoms in total. The number of thiophene rings is 1. The molecule has 2 heteroatoms. The van der Waals surface area contributed by atoms with Crippen molar-refractivity contribution in [3.05, 3.63) is 22.4 Å². The van der Waals surface area contributed by atoms with Gasteiger partial charge in [0.25, 0.3) is 0 Å². The molecule has 1 heterocycles.